The second-order valence-corrected chi connectivity index (χ2v) is 4.78. The Morgan fingerprint density at radius 3 is 2.95 bits per heavy atom. The molecule has 7 nitrogen and oxygen atoms in total. The molecule has 0 aromatic carbocycles. The molecule has 0 aliphatic heterocycles. The summed E-state index contributed by atoms with van der Waals surface area (Å²) in [5, 5.41) is 16.5. The zero-order chi connectivity index (χ0) is 14.1. The largest absolute Gasteiger partial charge is 0.480 e. The van der Waals surface area contributed by atoms with E-state index in [1.54, 1.807) is 17.5 Å². The van der Waals surface area contributed by atoms with E-state index in [1.165, 1.54) is 0 Å². The van der Waals surface area contributed by atoms with E-state index in [2.05, 4.69) is 15.6 Å². The molecule has 1 aromatic heterocycles. The smallest absolute Gasteiger partial charge is 0.329 e. The molecule has 0 radical (unpaired) electrons. The molecule has 1 unspecified atom stereocenters. The van der Waals surface area contributed by atoms with Crippen LogP contribution in [0.2, 0.25) is 0 Å². The zero-order valence-electron chi connectivity index (χ0n) is 10.6. The summed E-state index contributed by atoms with van der Waals surface area (Å²) in [5.74, 6) is -0.865. The molecule has 1 atom stereocenters. The van der Waals surface area contributed by atoms with Crippen molar-refractivity contribution in [2.75, 3.05) is 26.3 Å². The van der Waals surface area contributed by atoms with Crippen molar-refractivity contribution >= 4 is 23.3 Å². The van der Waals surface area contributed by atoms with Gasteiger partial charge in [-0.15, -0.1) is 11.3 Å². The van der Waals surface area contributed by atoms with Crippen LogP contribution in [0.3, 0.4) is 0 Å². The molecule has 0 fully saturated rings. The number of thiazole rings is 1. The highest BCUT2D eigenvalue weighted by molar-refractivity contribution is 7.09. The normalized spacial score (nSPS) is 11.8. The number of aliphatic carboxylic acids is 1. The molecular weight excluding hydrogens is 270 g/mol. The van der Waals surface area contributed by atoms with Crippen molar-refractivity contribution < 1.29 is 19.4 Å². The van der Waals surface area contributed by atoms with Crippen molar-refractivity contribution in [1.29, 1.82) is 0 Å². The van der Waals surface area contributed by atoms with Crippen LogP contribution in [-0.4, -0.2) is 48.4 Å². The number of urea groups is 1. The molecule has 0 spiro atoms. The summed E-state index contributed by atoms with van der Waals surface area (Å²) in [5.41, 5.74) is 0. The highest BCUT2D eigenvalue weighted by Crippen LogP contribution is 2.15. The summed E-state index contributed by atoms with van der Waals surface area (Å²) in [7, 11) is 0. The summed E-state index contributed by atoms with van der Waals surface area (Å²) in [6.45, 7) is 2.56. The van der Waals surface area contributed by atoms with Gasteiger partial charge in [0.1, 0.15) is 6.61 Å². The zero-order valence-corrected chi connectivity index (χ0v) is 11.4. The maximum absolute atomic E-state index is 11.4. The van der Waals surface area contributed by atoms with Crippen molar-refractivity contribution in [3.8, 4) is 0 Å². The van der Waals surface area contributed by atoms with Gasteiger partial charge in [-0.2, -0.15) is 0 Å². The summed E-state index contributed by atoms with van der Waals surface area (Å²) < 4.78 is 4.78. The first-order valence-electron chi connectivity index (χ1n) is 5.80. The minimum atomic E-state index is -1.03. The number of nitrogens with one attached hydrogen (secondary N) is 2. The first-order valence-corrected chi connectivity index (χ1v) is 6.68. The van der Waals surface area contributed by atoms with Gasteiger partial charge in [-0.3, -0.25) is 0 Å². The monoisotopic (exact) mass is 287 g/mol. The Morgan fingerprint density at radius 2 is 2.32 bits per heavy atom. The minimum absolute atomic E-state index is 0.161. The number of carbonyl (C=O) groups is 2. The molecule has 0 aliphatic rings. The van der Waals surface area contributed by atoms with E-state index in [4.69, 9.17) is 9.84 Å². The third-order valence-electron chi connectivity index (χ3n) is 2.20. The number of carboxylic acid groups (broad SMARTS) is 1. The number of aromatic nitrogens is 1. The van der Waals surface area contributed by atoms with Gasteiger partial charge in [0, 0.05) is 30.6 Å². The molecule has 3 N–H and O–H groups in total. The van der Waals surface area contributed by atoms with Crippen molar-refractivity contribution in [1.82, 2.24) is 15.6 Å². The third kappa shape index (κ3) is 6.73. The predicted molar refractivity (Wildman–Crippen MR) is 70.4 cm³/mol. The lowest BCUT2D eigenvalue weighted by Crippen LogP contribution is -2.39. The van der Waals surface area contributed by atoms with Crippen molar-refractivity contribution in [3.63, 3.8) is 0 Å². The number of amides is 2. The molecule has 8 heteroatoms. The number of rotatable bonds is 8. The number of carbonyl (C=O) groups excluding carboxylic acids is 1. The molecule has 1 heterocycles. The van der Waals surface area contributed by atoms with E-state index >= 15 is 0 Å². The molecule has 0 saturated heterocycles. The minimum Gasteiger partial charge on any atom is -0.480 e. The lowest BCUT2D eigenvalue weighted by molar-refractivity contribution is -0.142. The summed E-state index contributed by atoms with van der Waals surface area (Å²) in [6.07, 6.45) is 1.73. The van der Waals surface area contributed by atoms with E-state index in [-0.39, 0.29) is 31.7 Å². The maximum atomic E-state index is 11.4. The highest BCUT2D eigenvalue weighted by Gasteiger charge is 2.09. The number of nitrogens with zero attached hydrogens (tertiary/aromatic N) is 1. The quantitative estimate of drug-likeness (QED) is 0.609. The number of hydrogen-bond acceptors (Lipinski definition) is 5. The molecular formula is C11H17N3O4S. The summed E-state index contributed by atoms with van der Waals surface area (Å²) in [6, 6.07) is -0.303. The molecule has 1 rings (SSSR count). The van der Waals surface area contributed by atoms with Crippen LogP contribution in [-0.2, 0) is 9.53 Å². The van der Waals surface area contributed by atoms with Gasteiger partial charge in [0.15, 0.2) is 0 Å². The standard InChI is InChI=1S/C11H17N3O4S/c1-8(10-12-3-5-19-10)6-14-11(17)13-2-4-18-7-9(15)16/h3,5,8H,2,4,6-7H2,1H3,(H,15,16)(H2,13,14,17). The van der Waals surface area contributed by atoms with Crippen LogP contribution in [0.4, 0.5) is 4.79 Å². The van der Waals surface area contributed by atoms with Gasteiger partial charge in [-0.05, 0) is 0 Å². The van der Waals surface area contributed by atoms with Crippen LogP contribution in [0.25, 0.3) is 0 Å². The number of hydrogen-bond donors (Lipinski definition) is 3. The van der Waals surface area contributed by atoms with E-state index < -0.39 is 5.97 Å². The van der Waals surface area contributed by atoms with E-state index in [0.717, 1.165) is 5.01 Å². The van der Waals surface area contributed by atoms with Crippen molar-refractivity contribution in [2.24, 2.45) is 0 Å². The third-order valence-corrected chi connectivity index (χ3v) is 3.21. The van der Waals surface area contributed by atoms with Gasteiger partial charge in [0.05, 0.1) is 11.6 Å². The Kier molecular flexibility index (Phi) is 6.83. The van der Waals surface area contributed by atoms with Gasteiger partial charge in [0.25, 0.3) is 0 Å². The maximum Gasteiger partial charge on any atom is 0.329 e. The molecule has 2 amide bonds. The fraction of sp³-hybridized carbons (Fsp3) is 0.545. The van der Waals surface area contributed by atoms with Gasteiger partial charge < -0.3 is 20.5 Å². The van der Waals surface area contributed by atoms with Crippen LogP contribution in [0, 0.1) is 0 Å². The second-order valence-electron chi connectivity index (χ2n) is 3.85. The average molecular weight is 287 g/mol. The van der Waals surface area contributed by atoms with Gasteiger partial charge in [0.2, 0.25) is 0 Å². The topological polar surface area (TPSA) is 101 Å². The van der Waals surface area contributed by atoms with E-state index in [9.17, 15) is 9.59 Å². The van der Waals surface area contributed by atoms with Crippen LogP contribution in [0.15, 0.2) is 11.6 Å². The second kappa shape index (κ2) is 8.44. The average Bonchev–Trinajstić information content (AvgIpc) is 2.89. The lowest BCUT2D eigenvalue weighted by Gasteiger charge is -2.11. The van der Waals surface area contributed by atoms with E-state index in [1.807, 2.05) is 12.3 Å². The fourth-order valence-electron chi connectivity index (χ4n) is 1.27. The molecule has 19 heavy (non-hydrogen) atoms. The Bertz CT molecular complexity index is 397. The first kappa shape index (κ1) is 15.4. The lowest BCUT2D eigenvalue weighted by atomic mass is 10.2. The van der Waals surface area contributed by atoms with Crippen LogP contribution < -0.4 is 10.6 Å². The SMILES string of the molecule is CC(CNC(=O)NCCOCC(=O)O)c1nccs1. The molecule has 0 bridgehead atoms. The van der Waals surface area contributed by atoms with E-state index in [0.29, 0.717) is 6.54 Å². The fourth-order valence-corrected chi connectivity index (χ4v) is 1.97. The van der Waals surface area contributed by atoms with Gasteiger partial charge >= 0.3 is 12.0 Å². The number of carboxylic acids is 1. The van der Waals surface area contributed by atoms with Gasteiger partial charge in [-0.25, -0.2) is 14.6 Å². The van der Waals surface area contributed by atoms with Crippen LogP contribution in [0.1, 0.15) is 17.8 Å². The Hall–Kier alpha value is -1.67. The molecule has 106 valence electrons. The van der Waals surface area contributed by atoms with Gasteiger partial charge in [-0.1, -0.05) is 6.92 Å². The van der Waals surface area contributed by atoms with Crippen LogP contribution in [0.5, 0.6) is 0 Å². The summed E-state index contributed by atoms with van der Waals surface area (Å²) in [4.78, 5) is 25.7. The van der Waals surface area contributed by atoms with Crippen molar-refractivity contribution in [2.45, 2.75) is 12.8 Å². The first-order chi connectivity index (χ1) is 9.09. The summed E-state index contributed by atoms with van der Waals surface area (Å²) >= 11 is 1.55. The van der Waals surface area contributed by atoms with Crippen molar-refractivity contribution in [3.05, 3.63) is 16.6 Å². The predicted octanol–water partition coefficient (Wildman–Crippen LogP) is 0.647. The Labute approximate surface area is 115 Å². The molecule has 0 saturated carbocycles. The number of ether oxygens (including phenoxy) is 1. The Balaban J connectivity index is 2.06. The highest BCUT2D eigenvalue weighted by atomic mass is 32.1. The van der Waals surface area contributed by atoms with Crippen LogP contribution >= 0.6 is 11.3 Å². The molecule has 0 aliphatic carbocycles. The Morgan fingerprint density at radius 1 is 1.53 bits per heavy atom. The molecule has 1 aromatic rings.